The highest BCUT2D eigenvalue weighted by molar-refractivity contribution is 5.92. The van der Waals surface area contributed by atoms with Gasteiger partial charge in [0.05, 0.1) is 0 Å². The fourth-order valence-corrected chi connectivity index (χ4v) is 2.09. The molecule has 0 aliphatic carbocycles. The third-order valence-corrected chi connectivity index (χ3v) is 3.10. The van der Waals surface area contributed by atoms with Gasteiger partial charge in [-0.3, -0.25) is 4.79 Å². The number of benzene rings is 1. The summed E-state index contributed by atoms with van der Waals surface area (Å²) < 4.78 is 1.99. The van der Waals surface area contributed by atoms with Crippen molar-refractivity contribution in [3.8, 4) is 0 Å². The fraction of sp³-hybridized carbons (Fsp3) is 0.0667. The Morgan fingerprint density at radius 1 is 1.11 bits per heavy atom. The van der Waals surface area contributed by atoms with Crippen molar-refractivity contribution in [2.24, 2.45) is 5.73 Å². The van der Waals surface area contributed by atoms with Crippen LogP contribution in [0.5, 0.6) is 0 Å². The minimum Gasteiger partial charge on any atom is -0.366 e. The van der Waals surface area contributed by atoms with E-state index in [4.69, 9.17) is 5.73 Å². The molecule has 0 fully saturated rings. The van der Waals surface area contributed by atoms with Gasteiger partial charge < -0.3 is 10.1 Å². The summed E-state index contributed by atoms with van der Waals surface area (Å²) in [6, 6.07) is 11.4. The Balaban J connectivity index is 1.85. The van der Waals surface area contributed by atoms with Crippen LogP contribution in [0, 0.1) is 0 Å². The number of imidazole rings is 1. The lowest BCUT2D eigenvalue weighted by Gasteiger charge is -2.04. The smallest absolute Gasteiger partial charge is 0.248 e. The molecule has 4 nitrogen and oxygen atoms in total. The minimum atomic E-state index is -0.397. The van der Waals surface area contributed by atoms with Crippen LogP contribution < -0.4 is 5.73 Å². The molecule has 0 saturated heterocycles. The number of fused-ring (bicyclic) bond motifs is 1. The van der Waals surface area contributed by atoms with Crippen molar-refractivity contribution in [3.05, 3.63) is 71.7 Å². The second kappa shape index (κ2) is 4.57. The summed E-state index contributed by atoms with van der Waals surface area (Å²) in [6.45, 7) is 0. The number of pyridine rings is 1. The van der Waals surface area contributed by atoms with Gasteiger partial charge in [-0.2, -0.15) is 0 Å². The van der Waals surface area contributed by atoms with E-state index in [0.717, 1.165) is 17.6 Å². The first-order valence-electron chi connectivity index (χ1n) is 6.03. The molecule has 2 heterocycles. The number of rotatable bonds is 3. The lowest BCUT2D eigenvalue weighted by molar-refractivity contribution is 0.100. The quantitative estimate of drug-likeness (QED) is 0.774. The van der Waals surface area contributed by atoms with E-state index in [2.05, 4.69) is 17.2 Å². The third kappa shape index (κ3) is 2.33. The van der Waals surface area contributed by atoms with E-state index in [0.29, 0.717) is 5.56 Å². The molecule has 1 amide bonds. The molecule has 0 aliphatic rings. The van der Waals surface area contributed by atoms with Gasteiger partial charge in [0.2, 0.25) is 5.91 Å². The number of aromatic nitrogens is 2. The maximum atomic E-state index is 11.0. The van der Waals surface area contributed by atoms with E-state index >= 15 is 0 Å². The first-order chi connectivity index (χ1) is 9.22. The van der Waals surface area contributed by atoms with E-state index in [-0.39, 0.29) is 0 Å². The van der Waals surface area contributed by atoms with Crippen molar-refractivity contribution < 1.29 is 4.79 Å². The van der Waals surface area contributed by atoms with Gasteiger partial charge in [0.1, 0.15) is 5.65 Å². The molecule has 3 rings (SSSR count). The number of hydrogen-bond acceptors (Lipinski definition) is 2. The molecular weight excluding hydrogens is 238 g/mol. The standard InChI is InChI=1S/C15H13N3O/c16-15(19)13-4-1-11(2-5-13)9-12-3-6-14-17-7-8-18(14)10-12/h1-8,10H,9H2,(H2,16,19). The molecule has 0 aliphatic heterocycles. The summed E-state index contributed by atoms with van der Waals surface area (Å²) >= 11 is 0. The predicted octanol–water partition coefficient (Wildman–Crippen LogP) is 2.02. The molecule has 2 N–H and O–H groups in total. The lowest BCUT2D eigenvalue weighted by atomic mass is 10.0. The first-order valence-corrected chi connectivity index (χ1v) is 6.03. The van der Waals surface area contributed by atoms with Crippen LogP contribution in [0.15, 0.2) is 55.0 Å². The number of amides is 1. The van der Waals surface area contributed by atoms with Gasteiger partial charge in [0.15, 0.2) is 0 Å². The highest BCUT2D eigenvalue weighted by Gasteiger charge is 2.02. The fourth-order valence-electron chi connectivity index (χ4n) is 2.09. The average Bonchev–Trinajstić information content (AvgIpc) is 2.87. The number of nitrogens with two attached hydrogens (primary N) is 1. The van der Waals surface area contributed by atoms with Crippen LogP contribution in [0.4, 0.5) is 0 Å². The van der Waals surface area contributed by atoms with Gasteiger partial charge >= 0.3 is 0 Å². The van der Waals surface area contributed by atoms with E-state index < -0.39 is 5.91 Å². The summed E-state index contributed by atoms with van der Waals surface area (Å²) in [6.07, 6.45) is 6.58. The van der Waals surface area contributed by atoms with Crippen molar-refractivity contribution in [2.75, 3.05) is 0 Å². The zero-order valence-electron chi connectivity index (χ0n) is 10.3. The Bertz CT molecular complexity index is 728. The lowest BCUT2D eigenvalue weighted by Crippen LogP contribution is -2.10. The van der Waals surface area contributed by atoms with Crippen LogP contribution >= 0.6 is 0 Å². The number of nitrogens with zero attached hydrogens (tertiary/aromatic N) is 2. The molecule has 0 atom stereocenters. The number of carbonyl (C=O) groups excluding carboxylic acids is 1. The molecule has 0 unspecified atom stereocenters. The maximum absolute atomic E-state index is 11.0. The molecule has 0 spiro atoms. The van der Waals surface area contributed by atoms with Gasteiger partial charge in [-0.25, -0.2) is 4.98 Å². The van der Waals surface area contributed by atoms with Gasteiger partial charge in [0, 0.05) is 24.2 Å². The van der Waals surface area contributed by atoms with Crippen molar-refractivity contribution in [3.63, 3.8) is 0 Å². The third-order valence-electron chi connectivity index (χ3n) is 3.10. The van der Waals surface area contributed by atoms with Crippen LogP contribution in [0.2, 0.25) is 0 Å². The number of primary amides is 1. The van der Waals surface area contributed by atoms with E-state index in [1.807, 2.05) is 28.8 Å². The van der Waals surface area contributed by atoms with Crippen LogP contribution in [-0.2, 0) is 6.42 Å². The van der Waals surface area contributed by atoms with Crippen molar-refractivity contribution in [1.29, 1.82) is 0 Å². The van der Waals surface area contributed by atoms with E-state index in [1.165, 1.54) is 5.56 Å². The zero-order chi connectivity index (χ0) is 13.2. The highest BCUT2D eigenvalue weighted by atomic mass is 16.1. The van der Waals surface area contributed by atoms with Crippen molar-refractivity contribution in [2.45, 2.75) is 6.42 Å². The minimum absolute atomic E-state index is 0.397. The van der Waals surface area contributed by atoms with Gasteiger partial charge in [-0.05, 0) is 35.7 Å². The molecule has 1 aromatic carbocycles. The maximum Gasteiger partial charge on any atom is 0.248 e. The van der Waals surface area contributed by atoms with Crippen molar-refractivity contribution in [1.82, 2.24) is 9.38 Å². The Morgan fingerprint density at radius 2 is 1.84 bits per heavy atom. The van der Waals surface area contributed by atoms with E-state index in [9.17, 15) is 4.79 Å². The highest BCUT2D eigenvalue weighted by Crippen LogP contribution is 2.12. The molecule has 2 aromatic heterocycles. The summed E-state index contributed by atoms with van der Waals surface area (Å²) in [7, 11) is 0. The summed E-state index contributed by atoms with van der Waals surface area (Å²) in [5, 5.41) is 0. The van der Waals surface area contributed by atoms with Crippen LogP contribution in [0.1, 0.15) is 21.5 Å². The number of hydrogen-bond donors (Lipinski definition) is 1. The van der Waals surface area contributed by atoms with Crippen LogP contribution in [-0.4, -0.2) is 15.3 Å². The molecule has 19 heavy (non-hydrogen) atoms. The van der Waals surface area contributed by atoms with Gasteiger partial charge in [-0.15, -0.1) is 0 Å². The summed E-state index contributed by atoms with van der Waals surface area (Å²) in [5.41, 5.74) is 9.03. The number of carbonyl (C=O) groups is 1. The second-order valence-electron chi connectivity index (χ2n) is 4.47. The molecule has 4 heteroatoms. The molecule has 0 bridgehead atoms. The van der Waals surface area contributed by atoms with E-state index in [1.54, 1.807) is 18.3 Å². The topological polar surface area (TPSA) is 60.4 Å². The summed E-state index contributed by atoms with van der Waals surface area (Å²) in [5.74, 6) is -0.397. The molecule has 0 saturated carbocycles. The molecule has 0 radical (unpaired) electrons. The Morgan fingerprint density at radius 3 is 2.58 bits per heavy atom. The molecular formula is C15H13N3O. The largest absolute Gasteiger partial charge is 0.366 e. The average molecular weight is 251 g/mol. The van der Waals surface area contributed by atoms with Gasteiger partial charge in [-0.1, -0.05) is 18.2 Å². The predicted molar refractivity (Wildman–Crippen MR) is 73.0 cm³/mol. The van der Waals surface area contributed by atoms with Crippen LogP contribution in [0.3, 0.4) is 0 Å². The second-order valence-corrected chi connectivity index (χ2v) is 4.47. The zero-order valence-corrected chi connectivity index (χ0v) is 10.3. The Hall–Kier alpha value is -2.62. The Labute approximate surface area is 110 Å². The Kier molecular flexibility index (Phi) is 2.76. The van der Waals surface area contributed by atoms with Gasteiger partial charge in [0.25, 0.3) is 0 Å². The molecule has 94 valence electrons. The normalized spacial score (nSPS) is 10.7. The molecule has 3 aromatic rings. The van der Waals surface area contributed by atoms with Crippen molar-refractivity contribution >= 4 is 11.6 Å². The van der Waals surface area contributed by atoms with Crippen LogP contribution in [0.25, 0.3) is 5.65 Å². The first kappa shape index (κ1) is 11.5. The summed E-state index contributed by atoms with van der Waals surface area (Å²) in [4.78, 5) is 15.2. The monoisotopic (exact) mass is 251 g/mol. The SMILES string of the molecule is NC(=O)c1ccc(Cc2ccc3nccn3c2)cc1.